The number of carboxylic acid groups (broad SMARTS) is 1. The first-order valence-electron chi connectivity index (χ1n) is 8.11. The minimum Gasteiger partial charge on any atom is -0.478 e. The quantitative estimate of drug-likeness (QED) is 0.742. The predicted octanol–water partition coefficient (Wildman–Crippen LogP) is 5.17. The fourth-order valence-corrected chi connectivity index (χ4v) is 4.29. The van der Waals surface area contributed by atoms with Gasteiger partial charge in [0.15, 0.2) is 0 Å². The maximum atomic E-state index is 11.1. The van der Waals surface area contributed by atoms with Gasteiger partial charge in [-0.2, -0.15) is 0 Å². The highest BCUT2D eigenvalue weighted by Gasteiger charge is 2.38. The molecule has 2 aromatic carbocycles. The summed E-state index contributed by atoms with van der Waals surface area (Å²) in [6.07, 6.45) is 5.52. The summed E-state index contributed by atoms with van der Waals surface area (Å²) in [4.78, 5) is 11.1. The topological polar surface area (TPSA) is 49.3 Å². The number of hydrogen-bond acceptors (Lipinski definition) is 2. The van der Waals surface area contributed by atoms with E-state index in [9.17, 15) is 4.79 Å². The van der Waals surface area contributed by atoms with Crippen molar-refractivity contribution < 1.29 is 9.90 Å². The number of halogens is 1. The number of nitrogens with one attached hydrogen (secondary N) is 1. The molecule has 0 fully saturated rings. The zero-order valence-electron chi connectivity index (χ0n) is 13.3. The highest BCUT2D eigenvalue weighted by Crippen LogP contribution is 2.51. The molecule has 0 saturated heterocycles. The second kappa shape index (κ2) is 5.67. The maximum absolute atomic E-state index is 11.1. The molecule has 24 heavy (non-hydrogen) atoms. The van der Waals surface area contributed by atoms with Crippen LogP contribution in [0.25, 0.3) is 0 Å². The average molecular weight is 340 g/mol. The average Bonchev–Trinajstić information content (AvgIpc) is 3.04. The molecule has 0 spiro atoms. The van der Waals surface area contributed by atoms with Crippen LogP contribution in [0.1, 0.15) is 45.4 Å². The largest absolute Gasteiger partial charge is 0.478 e. The molecule has 2 aromatic rings. The second-order valence-electron chi connectivity index (χ2n) is 6.59. The van der Waals surface area contributed by atoms with Crippen molar-refractivity contribution in [2.45, 2.75) is 25.3 Å². The van der Waals surface area contributed by atoms with E-state index in [1.165, 1.54) is 5.56 Å². The van der Waals surface area contributed by atoms with Crippen LogP contribution < -0.4 is 5.32 Å². The van der Waals surface area contributed by atoms with Gasteiger partial charge in [-0.15, -0.1) is 0 Å². The van der Waals surface area contributed by atoms with Crippen molar-refractivity contribution in [3.8, 4) is 0 Å². The zero-order chi connectivity index (χ0) is 16.8. The molecule has 2 N–H and O–H groups in total. The summed E-state index contributed by atoms with van der Waals surface area (Å²) >= 11 is 6.27. The van der Waals surface area contributed by atoms with E-state index in [1.54, 1.807) is 12.1 Å². The van der Waals surface area contributed by atoms with Gasteiger partial charge in [-0.1, -0.05) is 35.9 Å². The van der Waals surface area contributed by atoms with Crippen LogP contribution in [0.4, 0.5) is 5.69 Å². The molecule has 4 heteroatoms. The molecule has 4 rings (SSSR count). The van der Waals surface area contributed by atoms with Gasteiger partial charge in [-0.05, 0) is 60.2 Å². The van der Waals surface area contributed by atoms with Gasteiger partial charge in [0, 0.05) is 16.6 Å². The SMILES string of the molecule is Cc1cc(Cl)cc2c1N[C@H](c1ccc(C(=O)O)cc1)[C@@H]1CC=C[C@H]21. The number of aromatic carboxylic acids is 1. The van der Waals surface area contributed by atoms with Gasteiger partial charge in [0.05, 0.1) is 11.6 Å². The van der Waals surface area contributed by atoms with Crippen LogP contribution in [0.3, 0.4) is 0 Å². The van der Waals surface area contributed by atoms with Gasteiger partial charge >= 0.3 is 5.97 Å². The minimum absolute atomic E-state index is 0.167. The summed E-state index contributed by atoms with van der Waals surface area (Å²) in [6.45, 7) is 2.07. The fraction of sp³-hybridized carbons (Fsp3) is 0.250. The smallest absolute Gasteiger partial charge is 0.335 e. The predicted molar refractivity (Wildman–Crippen MR) is 95.9 cm³/mol. The Morgan fingerprint density at radius 2 is 2.00 bits per heavy atom. The molecule has 0 radical (unpaired) electrons. The van der Waals surface area contributed by atoms with Crippen LogP contribution in [0, 0.1) is 12.8 Å². The van der Waals surface area contributed by atoms with Crippen molar-refractivity contribution in [1.82, 2.24) is 0 Å². The number of aryl methyl sites for hydroxylation is 1. The molecule has 0 amide bonds. The zero-order valence-corrected chi connectivity index (χ0v) is 14.0. The van der Waals surface area contributed by atoms with Gasteiger partial charge in [-0.3, -0.25) is 0 Å². The number of benzene rings is 2. The Hall–Kier alpha value is -2.26. The van der Waals surface area contributed by atoms with Crippen LogP contribution in [-0.4, -0.2) is 11.1 Å². The lowest BCUT2D eigenvalue weighted by Crippen LogP contribution is -2.29. The standard InChI is InChI=1S/C20H18ClNO2/c1-11-9-14(21)10-17-15-3-2-4-16(15)19(22-18(11)17)12-5-7-13(8-6-12)20(23)24/h2-3,5-10,15-16,19,22H,4H2,1H3,(H,23,24)/t15-,16+,19+/m0/s1. The molecule has 3 nitrogen and oxygen atoms in total. The second-order valence-corrected chi connectivity index (χ2v) is 7.03. The summed E-state index contributed by atoms with van der Waals surface area (Å²) in [6, 6.07) is 11.4. The number of hydrogen-bond donors (Lipinski definition) is 2. The van der Waals surface area contributed by atoms with Crippen molar-refractivity contribution in [2.75, 3.05) is 5.32 Å². The van der Waals surface area contributed by atoms with E-state index >= 15 is 0 Å². The lowest BCUT2D eigenvalue weighted by molar-refractivity contribution is 0.0697. The molecule has 122 valence electrons. The van der Waals surface area contributed by atoms with E-state index in [-0.39, 0.29) is 6.04 Å². The Kier molecular flexibility index (Phi) is 3.61. The number of carbonyl (C=O) groups is 1. The molecule has 1 aliphatic carbocycles. The molecular formula is C20H18ClNO2. The molecule has 3 atom stereocenters. The first-order chi connectivity index (χ1) is 11.5. The van der Waals surface area contributed by atoms with Gasteiger partial charge in [-0.25, -0.2) is 4.79 Å². The number of fused-ring (bicyclic) bond motifs is 3. The highest BCUT2D eigenvalue weighted by molar-refractivity contribution is 6.30. The van der Waals surface area contributed by atoms with Crippen LogP contribution in [0.5, 0.6) is 0 Å². The van der Waals surface area contributed by atoms with E-state index in [0.29, 0.717) is 17.4 Å². The Bertz CT molecular complexity index is 841. The molecule has 1 heterocycles. The summed E-state index contributed by atoms with van der Waals surface area (Å²) in [7, 11) is 0. The van der Waals surface area contributed by atoms with Crippen LogP contribution in [0.15, 0.2) is 48.6 Å². The molecular weight excluding hydrogens is 322 g/mol. The third-order valence-corrected chi connectivity index (χ3v) is 5.37. The minimum atomic E-state index is -0.894. The van der Waals surface area contributed by atoms with Crippen molar-refractivity contribution in [2.24, 2.45) is 5.92 Å². The van der Waals surface area contributed by atoms with Crippen molar-refractivity contribution in [3.05, 3.63) is 75.8 Å². The first kappa shape index (κ1) is 15.3. The molecule has 0 saturated carbocycles. The van der Waals surface area contributed by atoms with Gasteiger partial charge in [0.25, 0.3) is 0 Å². The molecule has 2 aliphatic rings. The lowest BCUT2D eigenvalue weighted by Gasteiger charge is -2.38. The molecule has 0 aromatic heterocycles. The van der Waals surface area contributed by atoms with Gasteiger partial charge < -0.3 is 10.4 Å². The van der Waals surface area contributed by atoms with Crippen molar-refractivity contribution in [3.63, 3.8) is 0 Å². The van der Waals surface area contributed by atoms with Gasteiger partial charge in [0.2, 0.25) is 0 Å². The Labute approximate surface area is 146 Å². The van der Waals surface area contributed by atoms with Gasteiger partial charge in [0.1, 0.15) is 0 Å². The monoisotopic (exact) mass is 339 g/mol. The first-order valence-corrected chi connectivity index (χ1v) is 8.49. The summed E-state index contributed by atoms with van der Waals surface area (Å²) in [5.41, 5.74) is 5.00. The Morgan fingerprint density at radius 1 is 1.25 bits per heavy atom. The van der Waals surface area contributed by atoms with Crippen molar-refractivity contribution >= 4 is 23.3 Å². The molecule has 0 unspecified atom stereocenters. The highest BCUT2D eigenvalue weighted by atomic mass is 35.5. The Balaban J connectivity index is 1.76. The Morgan fingerprint density at radius 3 is 2.71 bits per heavy atom. The molecule has 0 bridgehead atoms. The van der Waals surface area contributed by atoms with E-state index in [1.807, 2.05) is 18.2 Å². The summed E-state index contributed by atoms with van der Waals surface area (Å²) < 4.78 is 0. The number of carboxylic acids is 1. The maximum Gasteiger partial charge on any atom is 0.335 e. The van der Waals surface area contributed by atoms with Crippen molar-refractivity contribution in [1.29, 1.82) is 0 Å². The fourth-order valence-electron chi connectivity index (χ4n) is 4.00. The van der Waals surface area contributed by atoms with Crippen LogP contribution in [-0.2, 0) is 0 Å². The number of anilines is 1. The van der Waals surface area contributed by atoms with E-state index in [4.69, 9.17) is 16.7 Å². The summed E-state index contributed by atoms with van der Waals surface area (Å²) in [5, 5.41) is 13.5. The molecule has 1 aliphatic heterocycles. The van der Waals surface area contributed by atoms with Crippen LogP contribution >= 0.6 is 11.6 Å². The number of rotatable bonds is 2. The lowest BCUT2D eigenvalue weighted by atomic mass is 9.76. The van der Waals surface area contributed by atoms with E-state index < -0.39 is 5.97 Å². The normalized spacial score (nSPS) is 24.2. The third-order valence-electron chi connectivity index (χ3n) is 5.15. The van der Waals surface area contributed by atoms with E-state index in [0.717, 1.165) is 28.3 Å². The van der Waals surface area contributed by atoms with Crippen LogP contribution in [0.2, 0.25) is 5.02 Å². The van der Waals surface area contributed by atoms with E-state index in [2.05, 4.69) is 30.5 Å². The third kappa shape index (κ3) is 2.40. The number of allylic oxidation sites excluding steroid dienone is 2. The summed E-state index contributed by atoms with van der Waals surface area (Å²) in [5.74, 6) is -0.122.